The third kappa shape index (κ3) is 4.44. The molecule has 7 nitrogen and oxygen atoms in total. The number of nitrogens with zero attached hydrogens (tertiary/aromatic N) is 2. The molecule has 0 aliphatic heterocycles. The molecule has 2 heterocycles. The zero-order chi connectivity index (χ0) is 19.8. The fourth-order valence-electron chi connectivity index (χ4n) is 2.34. The van der Waals surface area contributed by atoms with E-state index < -0.39 is 19.9 Å². The van der Waals surface area contributed by atoms with Gasteiger partial charge < -0.3 is 9.30 Å². The quantitative estimate of drug-likeness (QED) is 0.556. The van der Waals surface area contributed by atoms with Crippen molar-refractivity contribution in [2.45, 2.75) is 15.6 Å². The van der Waals surface area contributed by atoms with Gasteiger partial charge in [-0.2, -0.15) is 8.42 Å². The SMILES string of the molecule is COCCn1/c(=N/S(=O)(=O)c2ccc(Cl)s2)sc2cc(S(C)(=O)=O)ccc21. The summed E-state index contributed by atoms with van der Waals surface area (Å²) < 4.78 is 60.6. The summed E-state index contributed by atoms with van der Waals surface area (Å²) in [4.78, 5) is 0.395. The van der Waals surface area contributed by atoms with Gasteiger partial charge in [0.1, 0.15) is 4.21 Å². The van der Waals surface area contributed by atoms with Crippen LogP contribution in [0.1, 0.15) is 0 Å². The monoisotopic (exact) mass is 466 g/mol. The Morgan fingerprint density at radius 1 is 1.15 bits per heavy atom. The van der Waals surface area contributed by atoms with E-state index in [9.17, 15) is 16.8 Å². The minimum absolute atomic E-state index is 0.0417. The van der Waals surface area contributed by atoms with Crippen molar-refractivity contribution in [3.05, 3.63) is 39.5 Å². The Labute approximate surface area is 169 Å². The predicted molar refractivity (Wildman–Crippen MR) is 107 cm³/mol. The van der Waals surface area contributed by atoms with Crippen LogP contribution in [0, 0.1) is 0 Å². The van der Waals surface area contributed by atoms with E-state index in [4.69, 9.17) is 16.3 Å². The topological polar surface area (TPSA) is 94.8 Å². The summed E-state index contributed by atoms with van der Waals surface area (Å²) in [5.74, 6) is 0. The summed E-state index contributed by atoms with van der Waals surface area (Å²) in [6.07, 6.45) is 1.12. The lowest BCUT2D eigenvalue weighted by Crippen LogP contribution is -2.19. The Hall–Kier alpha value is -1.24. The van der Waals surface area contributed by atoms with Crippen molar-refractivity contribution >= 4 is 64.4 Å². The zero-order valence-electron chi connectivity index (χ0n) is 14.2. The van der Waals surface area contributed by atoms with E-state index in [0.717, 1.165) is 28.9 Å². The van der Waals surface area contributed by atoms with Crippen LogP contribution in [0.15, 0.2) is 43.8 Å². The average Bonchev–Trinajstić information content (AvgIpc) is 3.15. The van der Waals surface area contributed by atoms with Crippen LogP contribution in [-0.2, 0) is 31.1 Å². The Bertz CT molecular complexity index is 1270. The first-order valence-corrected chi connectivity index (χ1v) is 12.8. The molecule has 0 atom stereocenters. The Morgan fingerprint density at radius 3 is 2.48 bits per heavy atom. The highest BCUT2D eigenvalue weighted by Gasteiger charge is 2.18. The van der Waals surface area contributed by atoms with Gasteiger partial charge in [-0.3, -0.25) is 0 Å². The number of thiophene rings is 1. The molecule has 0 N–H and O–H groups in total. The number of thiazole rings is 1. The highest BCUT2D eigenvalue weighted by Crippen LogP contribution is 2.27. The van der Waals surface area contributed by atoms with E-state index in [-0.39, 0.29) is 13.9 Å². The second-order valence-corrected chi connectivity index (χ2v) is 12.1. The minimum Gasteiger partial charge on any atom is -0.383 e. The van der Waals surface area contributed by atoms with Gasteiger partial charge in [-0.15, -0.1) is 15.7 Å². The van der Waals surface area contributed by atoms with Crippen molar-refractivity contribution in [3.8, 4) is 0 Å². The molecule has 2 aromatic heterocycles. The molecule has 146 valence electrons. The molecule has 0 saturated heterocycles. The number of halogens is 1. The first-order chi connectivity index (χ1) is 12.6. The molecular weight excluding hydrogens is 452 g/mol. The molecule has 0 amide bonds. The maximum absolute atomic E-state index is 12.6. The van der Waals surface area contributed by atoms with Gasteiger partial charge >= 0.3 is 0 Å². The number of sulfonamides is 1. The molecule has 0 aliphatic rings. The summed E-state index contributed by atoms with van der Waals surface area (Å²) in [6.45, 7) is 0.714. The smallest absolute Gasteiger partial charge is 0.294 e. The molecule has 0 spiro atoms. The Balaban J connectivity index is 2.24. The molecule has 0 aliphatic carbocycles. The highest BCUT2D eigenvalue weighted by atomic mass is 35.5. The van der Waals surface area contributed by atoms with Gasteiger partial charge in [0, 0.05) is 19.9 Å². The molecular formula is C15H15ClN2O5S4. The largest absolute Gasteiger partial charge is 0.383 e. The fourth-order valence-corrected chi connectivity index (χ4v) is 6.82. The van der Waals surface area contributed by atoms with E-state index >= 15 is 0 Å². The van der Waals surface area contributed by atoms with Crippen LogP contribution in [0.3, 0.4) is 0 Å². The second-order valence-electron chi connectivity index (χ2n) is 5.56. The van der Waals surface area contributed by atoms with Crippen molar-refractivity contribution in [1.82, 2.24) is 4.57 Å². The van der Waals surface area contributed by atoms with Gasteiger partial charge in [0.15, 0.2) is 9.84 Å². The van der Waals surface area contributed by atoms with Crippen molar-refractivity contribution < 1.29 is 21.6 Å². The summed E-state index contributed by atoms with van der Waals surface area (Å²) in [5, 5.41) is 0. The van der Waals surface area contributed by atoms with Crippen LogP contribution in [0.2, 0.25) is 4.34 Å². The summed E-state index contributed by atoms with van der Waals surface area (Å²) in [5.41, 5.74) is 0.683. The fraction of sp³-hybridized carbons (Fsp3) is 0.267. The number of rotatable bonds is 6. The lowest BCUT2D eigenvalue weighted by atomic mass is 10.3. The number of ether oxygens (including phenoxy) is 1. The summed E-state index contributed by atoms with van der Waals surface area (Å²) in [7, 11) is -5.78. The van der Waals surface area contributed by atoms with Gasteiger partial charge in [-0.1, -0.05) is 22.9 Å². The third-order valence-corrected chi connectivity index (χ3v) is 8.83. The van der Waals surface area contributed by atoms with E-state index in [0.29, 0.717) is 27.7 Å². The normalized spacial score (nSPS) is 13.5. The summed E-state index contributed by atoms with van der Waals surface area (Å²) in [6, 6.07) is 7.56. The number of methoxy groups -OCH3 is 1. The number of hydrogen-bond donors (Lipinski definition) is 0. The minimum atomic E-state index is -3.94. The molecule has 0 unspecified atom stereocenters. The van der Waals surface area contributed by atoms with E-state index in [1.54, 1.807) is 10.6 Å². The third-order valence-electron chi connectivity index (χ3n) is 3.60. The average molecular weight is 467 g/mol. The van der Waals surface area contributed by atoms with Crippen molar-refractivity contribution in [1.29, 1.82) is 0 Å². The molecule has 3 rings (SSSR count). The molecule has 27 heavy (non-hydrogen) atoms. The van der Waals surface area contributed by atoms with Crippen LogP contribution < -0.4 is 4.80 Å². The lowest BCUT2D eigenvalue weighted by Gasteiger charge is -2.05. The number of hydrogen-bond acceptors (Lipinski definition) is 7. The predicted octanol–water partition coefficient (Wildman–Crippen LogP) is 2.76. The second kappa shape index (κ2) is 7.64. The number of fused-ring (bicyclic) bond motifs is 1. The molecule has 0 saturated carbocycles. The zero-order valence-corrected chi connectivity index (χ0v) is 18.3. The van der Waals surface area contributed by atoms with E-state index in [1.165, 1.54) is 31.4 Å². The van der Waals surface area contributed by atoms with Gasteiger partial charge in [0.2, 0.25) is 4.80 Å². The highest BCUT2D eigenvalue weighted by molar-refractivity contribution is 7.92. The van der Waals surface area contributed by atoms with E-state index in [2.05, 4.69) is 4.40 Å². The van der Waals surface area contributed by atoms with Crippen molar-refractivity contribution in [2.24, 2.45) is 4.40 Å². The molecule has 0 fully saturated rings. The first kappa shape index (κ1) is 20.5. The van der Waals surface area contributed by atoms with Crippen molar-refractivity contribution in [3.63, 3.8) is 0 Å². The first-order valence-electron chi connectivity index (χ1n) is 7.50. The molecule has 1 aromatic carbocycles. The Morgan fingerprint density at radius 2 is 1.89 bits per heavy atom. The van der Waals surface area contributed by atoms with Crippen LogP contribution in [0.5, 0.6) is 0 Å². The maximum atomic E-state index is 12.6. The summed E-state index contributed by atoms with van der Waals surface area (Å²) >= 11 is 7.86. The van der Waals surface area contributed by atoms with Crippen LogP contribution in [0.4, 0.5) is 0 Å². The lowest BCUT2D eigenvalue weighted by molar-refractivity contribution is 0.187. The van der Waals surface area contributed by atoms with Gasteiger partial charge in [-0.05, 0) is 30.3 Å². The van der Waals surface area contributed by atoms with Gasteiger partial charge in [0.25, 0.3) is 10.0 Å². The van der Waals surface area contributed by atoms with Crippen molar-refractivity contribution in [2.75, 3.05) is 20.0 Å². The van der Waals surface area contributed by atoms with Gasteiger partial charge in [0.05, 0.1) is 26.1 Å². The Kier molecular flexibility index (Phi) is 5.80. The van der Waals surface area contributed by atoms with Crippen LogP contribution in [-0.4, -0.2) is 41.4 Å². The standard InChI is InChI=1S/C15H15ClN2O5S4/c1-23-8-7-18-11-4-3-10(26(2,19)20)9-12(11)24-15(18)17-27(21,22)14-6-5-13(16)25-14/h3-6,9H,7-8H2,1-2H3/b17-15-. The number of aromatic nitrogens is 1. The number of benzene rings is 1. The van der Waals surface area contributed by atoms with Crippen LogP contribution in [0.25, 0.3) is 10.2 Å². The van der Waals surface area contributed by atoms with E-state index in [1.807, 2.05) is 0 Å². The molecule has 0 bridgehead atoms. The molecule has 12 heteroatoms. The maximum Gasteiger partial charge on any atom is 0.294 e. The molecule has 0 radical (unpaired) electrons. The molecule has 3 aromatic rings. The van der Waals surface area contributed by atoms with Gasteiger partial charge in [-0.25, -0.2) is 8.42 Å². The number of sulfone groups is 1. The van der Waals surface area contributed by atoms with Crippen LogP contribution >= 0.6 is 34.3 Å².